The molecule has 2 aromatic rings. The lowest BCUT2D eigenvalue weighted by atomic mass is 10.3. The molecule has 120 valence electrons. The first-order valence-corrected chi connectivity index (χ1v) is 8.14. The lowest BCUT2D eigenvalue weighted by Crippen LogP contribution is -2.35. The van der Waals surface area contributed by atoms with Gasteiger partial charge in [0.25, 0.3) is 0 Å². The summed E-state index contributed by atoms with van der Waals surface area (Å²) in [7, 11) is -0.680. The fourth-order valence-corrected chi connectivity index (χ4v) is 3.31. The zero-order chi connectivity index (χ0) is 16.2. The van der Waals surface area contributed by atoms with Gasteiger partial charge in [-0.05, 0) is 19.1 Å². The minimum Gasteiger partial charge on any atom is -0.493 e. The van der Waals surface area contributed by atoms with Crippen LogP contribution >= 0.6 is 0 Å². The van der Waals surface area contributed by atoms with E-state index >= 15 is 0 Å². The number of imidazole rings is 1. The molecule has 0 radical (unpaired) electrons. The summed E-state index contributed by atoms with van der Waals surface area (Å²) in [5.41, 5.74) is 0. The first-order valence-electron chi connectivity index (χ1n) is 6.66. The molecule has 1 atom stereocenters. The van der Waals surface area contributed by atoms with E-state index in [1.807, 2.05) is 4.57 Å². The predicted octanol–water partition coefficient (Wildman–Crippen LogP) is 1.27. The Bertz CT molecular complexity index is 714. The van der Waals surface area contributed by atoms with Crippen molar-refractivity contribution in [3.63, 3.8) is 0 Å². The summed E-state index contributed by atoms with van der Waals surface area (Å²) in [6, 6.07) is 4.19. The van der Waals surface area contributed by atoms with E-state index in [-0.39, 0.29) is 10.9 Å². The molecule has 0 bridgehead atoms. The Morgan fingerprint density at radius 2 is 2.00 bits per heavy atom. The second-order valence-corrected chi connectivity index (χ2v) is 6.51. The van der Waals surface area contributed by atoms with Crippen LogP contribution in [0.3, 0.4) is 0 Å². The van der Waals surface area contributed by atoms with Gasteiger partial charge in [-0.1, -0.05) is 0 Å². The van der Waals surface area contributed by atoms with Crippen LogP contribution in [0.25, 0.3) is 0 Å². The fraction of sp³-hybridized carbons (Fsp3) is 0.357. The molecular weight excluding hydrogens is 306 g/mol. The van der Waals surface area contributed by atoms with E-state index in [0.717, 1.165) is 0 Å². The van der Waals surface area contributed by atoms with Crippen molar-refractivity contribution in [3.8, 4) is 11.5 Å². The Hall–Kier alpha value is -2.06. The van der Waals surface area contributed by atoms with Crippen LogP contribution in [0.1, 0.15) is 6.92 Å². The normalized spacial score (nSPS) is 12.9. The first-order chi connectivity index (χ1) is 10.5. The lowest BCUT2D eigenvalue weighted by molar-refractivity contribution is 0.354. The molecule has 0 amide bonds. The van der Waals surface area contributed by atoms with Gasteiger partial charge in [0.05, 0.1) is 25.4 Å². The van der Waals surface area contributed by atoms with Gasteiger partial charge in [0.2, 0.25) is 10.0 Å². The number of nitrogens with zero attached hydrogens (tertiary/aromatic N) is 2. The second-order valence-electron chi connectivity index (χ2n) is 4.80. The third kappa shape index (κ3) is 3.77. The van der Waals surface area contributed by atoms with Crippen molar-refractivity contribution in [2.24, 2.45) is 0 Å². The van der Waals surface area contributed by atoms with E-state index in [0.29, 0.717) is 18.0 Å². The maximum absolute atomic E-state index is 12.4. The number of hydrogen-bond acceptors (Lipinski definition) is 5. The van der Waals surface area contributed by atoms with Gasteiger partial charge < -0.3 is 14.0 Å². The zero-order valence-corrected chi connectivity index (χ0v) is 13.5. The number of methoxy groups -OCH3 is 2. The van der Waals surface area contributed by atoms with Gasteiger partial charge in [0.15, 0.2) is 11.5 Å². The molecule has 0 aliphatic heterocycles. The Labute approximate surface area is 129 Å². The molecule has 0 saturated carbocycles. The molecule has 0 fully saturated rings. The Kier molecular flexibility index (Phi) is 5.04. The number of sulfonamides is 1. The highest BCUT2D eigenvalue weighted by atomic mass is 32.2. The molecule has 7 nitrogen and oxygen atoms in total. The first kappa shape index (κ1) is 16.3. The smallest absolute Gasteiger partial charge is 0.241 e. The van der Waals surface area contributed by atoms with E-state index in [2.05, 4.69) is 9.71 Å². The van der Waals surface area contributed by atoms with Crippen LogP contribution in [0.4, 0.5) is 0 Å². The zero-order valence-electron chi connectivity index (χ0n) is 12.7. The van der Waals surface area contributed by atoms with Crippen molar-refractivity contribution in [2.45, 2.75) is 24.4 Å². The van der Waals surface area contributed by atoms with Gasteiger partial charge in [-0.25, -0.2) is 18.1 Å². The molecule has 0 spiro atoms. The minimum atomic E-state index is -3.64. The molecule has 0 aliphatic rings. The molecule has 0 saturated heterocycles. The van der Waals surface area contributed by atoms with Gasteiger partial charge in [0, 0.05) is 31.0 Å². The standard InChI is InChI=1S/C14H19N3O4S/c1-11(9-17-7-6-15-10-17)16-22(18,19)12-4-5-13(20-2)14(8-12)21-3/h4-8,10-11,16H,9H2,1-3H3/t11-/m1/s1. The summed E-state index contributed by atoms with van der Waals surface area (Å²) in [4.78, 5) is 4.05. The fourth-order valence-electron chi connectivity index (χ4n) is 2.06. The second kappa shape index (κ2) is 6.80. The van der Waals surface area contributed by atoms with Crippen molar-refractivity contribution in [1.82, 2.24) is 14.3 Å². The summed E-state index contributed by atoms with van der Waals surface area (Å²) < 4.78 is 39.5. The number of nitrogens with one attached hydrogen (secondary N) is 1. The van der Waals surface area contributed by atoms with E-state index in [1.165, 1.54) is 26.4 Å². The maximum atomic E-state index is 12.4. The largest absolute Gasteiger partial charge is 0.493 e. The van der Waals surface area contributed by atoms with Crippen molar-refractivity contribution < 1.29 is 17.9 Å². The SMILES string of the molecule is COc1ccc(S(=O)(=O)N[C@H](C)Cn2ccnc2)cc1OC. The highest BCUT2D eigenvalue weighted by Gasteiger charge is 2.19. The molecule has 8 heteroatoms. The van der Waals surface area contributed by atoms with E-state index in [9.17, 15) is 8.42 Å². The number of hydrogen-bond donors (Lipinski definition) is 1. The van der Waals surface area contributed by atoms with Gasteiger partial charge in [-0.3, -0.25) is 0 Å². The van der Waals surface area contributed by atoms with Crippen LogP contribution in [-0.2, 0) is 16.6 Å². The van der Waals surface area contributed by atoms with Crippen LogP contribution in [0.2, 0.25) is 0 Å². The van der Waals surface area contributed by atoms with Crippen molar-refractivity contribution in [3.05, 3.63) is 36.9 Å². The number of rotatable bonds is 7. The minimum absolute atomic E-state index is 0.127. The van der Waals surface area contributed by atoms with E-state index in [4.69, 9.17) is 9.47 Å². The number of ether oxygens (including phenoxy) is 2. The predicted molar refractivity (Wildman–Crippen MR) is 81.6 cm³/mol. The number of aromatic nitrogens is 2. The number of benzene rings is 1. The van der Waals surface area contributed by atoms with Gasteiger partial charge in [-0.15, -0.1) is 0 Å². The maximum Gasteiger partial charge on any atom is 0.241 e. The summed E-state index contributed by atoms with van der Waals surface area (Å²) in [5.74, 6) is 0.848. The van der Waals surface area contributed by atoms with Crippen LogP contribution < -0.4 is 14.2 Å². The van der Waals surface area contributed by atoms with Gasteiger partial charge >= 0.3 is 0 Å². The quantitative estimate of drug-likeness (QED) is 0.829. The van der Waals surface area contributed by atoms with Crippen molar-refractivity contribution >= 4 is 10.0 Å². The molecule has 1 aromatic heterocycles. The molecule has 22 heavy (non-hydrogen) atoms. The lowest BCUT2D eigenvalue weighted by Gasteiger charge is -2.16. The summed E-state index contributed by atoms with van der Waals surface area (Å²) in [6.45, 7) is 2.28. The van der Waals surface area contributed by atoms with Crippen molar-refractivity contribution in [1.29, 1.82) is 0 Å². The Morgan fingerprint density at radius 3 is 2.59 bits per heavy atom. The van der Waals surface area contributed by atoms with Crippen molar-refractivity contribution in [2.75, 3.05) is 14.2 Å². The topological polar surface area (TPSA) is 82.5 Å². The molecule has 1 heterocycles. The monoisotopic (exact) mass is 325 g/mol. The van der Waals surface area contributed by atoms with Crippen LogP contribution in [-0.4, -0.2) is 38.2 Å². The molecule has 2 rings (SSSR count). The van der Waals surface area contributed by atoms with Crippen LogP contribution in [0.15, 0.2) is 41.8 Å². The third-order valence-electron chi connectivity index (χ3n) is 3.07. The van der Waals surface area contributed by atoms with Gasteiger partial charge in [-0.2, -0.15) is 0 Å². The Balaban J connectivity index is 2.15. The highest BCUT2D eigenvalue weighted by Crippen LogP contribution is 2.29. The average Bonchev–Trinajstić information content (AvgIpc) is 2.98. The van der Waals surface area contributed by atoms with Crippen LogP contribution in [0, 0.1) is 0 Å². The van der Waals surface area contributed by atoms with Crippen LogP contribution in [0.5, 0.6) is 11.5 Å². The van der Waals surface area contributed by atoms with E-state index in [1.54, 1.807) is 31.7 Å². The average molecular weight is 325 g/mol. The Morgan fingerprint density at radius 1 is 1.27 bits per heavy atom. The summed E-state index contributed by atoms with van der Waals surface area (Å²) in [5, 5.41) is 0. The molecule has 1 aromatic carbocycles. The molecule has 1 N–H and O–H groups in total. The third-order valence-corrected chi connectivity index (χ3v) is 4.65. The van der Waals surface area contributed by atoms with Gasteiger partial charge in [0.1, 0.15) is 0 Å². The summed E-state index contributed by atoms with van der Waals surface area (Å²) >= 11 is 0. The summed E-state index contributed by atoms with van der Waals surface area (Å²) in [6.07, 6.45) is 5.07. The highest BCUT2D eigenvalue weighted by molar-refractivity contribution is 7.89. The molecular formula is C14H19N3O4S. The molecule has 0 aliphatic carbocycles. The molecule has 0 unspecified atom stereocenters. The van der Waals surface area contributed by atoms with E-state index < -0.39 is 10.0 Å².